The molecule has 0 radical (unpaired) electrons. The summed E-state index contributed by atoms with van der Waals surface area (Å²) in [5.41, 5.74) is 0.555. The Hall–Kier alpha value is 0. The van der Waals surface area contributed by atoms with Crippen molar-refractivity contribution in [2.75, 3.05) is 0 Å². The predicted molar refractivity (Wildman–Crippen MR) is 85.1 cm³/mol. The van der Waals surface area contributed by atoms with Crippen LogP contribution in [0.15, 0.2) is 0 Å². The van der Waals surface area contributed by atoms with Crippen LogP contribution < -0.4 is 0 Å². The molecule has 0 aromatic rings. The van der Waals surface area contributed by atoms with Gasteiger partial charge in [-0.15, -0.1) is 0 Å². The van der Waals surface area contributed by atoms with E-state index in [1.807, 2.05) is 0 Å². The molecule has 0 spiro atoms. The molecule has 18 heavy (non-hydrogen) atoms. The van der Waals surface area contributed by atoms with Gasteiger partial charge in [-0.05, 0) is 17.8 Å². The van der Waals surface area contributed by atoms with Gasteiger partial charge in [0.1, 0.15) is 0 Å². The molecular weight excluding hydrogens is 216 g/mol. The van der Waals surface area contributed by atoms with Crippen LogP contribution >= 0.6 is 0 Å². The van der Waals surface area contributed by atoms with Crippen molar-refractivity contribution in [3.05, 3.63) is 0 Å². The first kappa shape index (κ1) is 18.0. The Morgan fingerprint density at radius 3 is 1.78 bits per heavy atom. The Kier molecular flexibility index (Phi) is 10.9. The number of hydrogen-bond acceptors (Lipinski definition) is 0. The topological polar surface area (TPSA) is 0 Å². The number of rotatable bonds is 12. The van der Waals surface area contributed by atoms with Gasteiger partial charge < -0.3 is 0 Å². The summed E-state index contributed by atoms with van der Waals surface area (Å²) in [7, 11) is 0. The molecule has 1 unspecified atom stereocenters. The Balaban J connectivity index is 3.33. The highest BCUT2D eigenvalue weighted by molar-refractivity contribution is 4.70. The molecule has 0 N–H and O–H groups in total. The number of unbranched alkanes of at least 4 members (excludes halogenated alkanes) is 7. The summed E-state index contributed by atoms with van der Waals surface area (Å²) in [6.45, 7) is 11.9. The second kappa shape index (κ2) is 10.9. The first-order valence-electron chi connectivity index (χ1n) is 8.52. The highest BCUT2D eigenvalue weighted by Crippen LogP contribution is 2.30. The van der Waals surface area contributed by atoms with Crippen LogP contribution in [0.1, 0.15) is 105 Å². The maximum absolute atomic E-state index is 2.44. The van der Waals surface area contributed by atoms with E-state index in [-0.39, 0.29) is 0 Å². The molecule has 0 heteroatoms. The van der Waals surface area contributed by atoms with Crippen molar-refractivity contribution < 1.29 is 0 Å². The first-order valence-corrected chi connectivity index (χ1v) is 8.52. The lowest BCUT2D eigenvalue weighted by atomic mass is 9.80. The van der Waals surface area contributed by atoms with E-state index in [0.717, 1.165) is 5.92 Å². The minimum atomic E-state index is 0.555. The molecule has 0 aromatic carbocycles. The molecule has 0 aliphatic carbocycles. The maximum atomic E-state index is 2.44. The van der Waals surface area contributed by atoms with Crippen molar-refractivity contribution in [2.24, 2.45) is 11.3 Å². The van der Waals surface area contributed by atoms with Gasteiger partial charge in [-0.2, -0.15) is 0 Å². The predicted octanol–water partition coefficient (Wildman–Crippen LogP) is 6.98. The average molecular weight is 255 g/mol. The third kappa shape index (κ3) is 11.1. The zero-order valence-electron chi connectivity index (χ0n) is 13.9. The van der Waals surface area contributed by atoms with Gasteiger partial charge in [-0.3, -0.25) is 0 Å². The minimum absolute atomic E-state index is 0.555. The lowest BCUT2D eigenvalue weighted by Gasteiger charge is -2.26. The molecule has 110 valence electrons. The van der Waals surface area contributed by atoms with Crippen molar-refractivity contribution in [2.45, 2.75) is 105 Å². The molecule has 0 aromatic heterocycles. The van der Waals surface area contributed by atoms with Gasteiger partial charge in [0.05, 0.1) is 0 Å². The summed E-state index contributed by atoms with van der Waals surface area (Å²) in [5.74, 6) is 0.917. The molecule has 0 fully saturated rings. The average Bonchev–Trinajstić information content (AvgIpc) is 2.32. The normalized spacial score (nSPS) is 13.8. The zero-order chi connectivity index (χ0) is 13.9. The van der Waals surface area contributed by atoms with Crippen molar-refractivity contribution in [1.82, 2.24) is 0 Å². The van der Waals surface area contributed by atoms with Crippen LogP contribution in [0.3, 0.4) is 0 Å². The van der Waals surface area contributed by atoms with E-state index in [0.29, 0.717) is 5.41 Å². The largest absolute Gasteiger partial charge is 0.0654 e. The van der Waals surface area contributed by atoms with E-state index in [2.05, 4.69) is 34.6 Å². The van der Waals surface area contributed by atoms with E-state index >= 15 is 0 Å². The van der Waals surface area contributed by atoms with E-state index in [1.165, 1.54) is 70.6 Å². The number of hydrogen-bond donors (Lipinski definition) is 0. The van der Waals surface area contributed by atoms with Gasteiger partial charge in [0.25, 0.3) is 0 Å². The van der Waals surface area contributed by atoms with Gasteiger partial charge >= 0.3 is 0 Å². The third-order valence-corrected chi connectivity index (χ3v) is 4.41. The molecule has 0 bridgehead atoms. The highest BCUT2D eigenvalue weighted by atomic mass is 14.2. The summed E-state index contributed by atoms with van der Waals surface area (Å²) >= 11 is 0. The SMILES string of the molecule is CCCCCCCCCCC(C)CC(C)(C)CC. The fourth-order valence-electron chi connectivity index (χ4n) is 2.82. The van der Waals surface area contributed by atoms with Gasteiger partial charge in [0.2, 0.25) is 0 Å². The third-order valence-electron chi connectivity index (χ3n) is 4.41. The van der Waals surface area contributed by atoms with E-state index in [1.54, 1.807) is 0 Å². The fourth-order valence-corrected chi connectivity index (χ4v) is 2.82. The Bertz CT molecular complexity index is 169. The molecule has 0 rings (SSSR count). The Labute approximate surface area is 117 Å². The quantitative estimate of drug-likeness (QED) is 0.329. The molecule has 0 nitrogen and oxygen atoms in total. The molecule has 0 saturated heterocycles. The van der Waals surface area contributed by atoms with Gasteiger partial charge in [-0.25, -0.2) is 0 Å². The minimum Gasteiger partial charge on any atom is -0.0654 e. The zero-order valence-corrected chi connectivity index (χ0v) is 13.9. The molecule has 0 heterocycles. The van der Waals surface area contributed by atoms with Gasteiger partial charge in [-0.1, -0.05) is 98.8 Å². The van der Waals surface area contributed by atoms with Crippen LogP contribution in [-0.4, -0.2) is 0 Å². The summed E-state index contributed by atoms with van der Waals surface area (Å²) in [4.78, 5) is 0. The summed E-state index contributed by atoms with van der Waals surface area (Å²) in [6, 6.07) is 0. The molecule has 0 saturated carbocycles. The second-order valence-corrected chi connectivity index (χ2v) is 7.09. The van der Waals surface area contributed by atoms with Crippen LogP contribution in [0, 0.1) is 11.3 Å². The first-order chi connectivity index (χ1) is 8.52. The van der Waals surface area contributed by atoms with Crippen molar-refractivity contribution in [3.8, 4) is 0 Å². The van der Waals surface area contributed by atoms with Crippen LogP contribution in [0.25, 0.3) is 0 Å². The molecule has 0 aliphatic heterocycles. The van der Waals surface area contributed by atoms with Crippen molar-refractivity contribution in [3.63, 3.8) is 0 Å². The summed E-state index contributed by atoms with van der Waals surface area (Å²) in [6.07, 6.45) is 15.7. The standard InChI is InChI=1S/C18H38/c1-6-8-9-10-11-12-13-14-15-17(3)16-18(4,5)7-2/h17H,6-16H2,1-5H3. The van der Waals surface area contributed by atoms with Gasteiger partial charge in [0, 0.05) is 0 Å². The highest BCUT2D eigenvalue weighted by Gasteiger charge is 2.18. The Morgan fingerprint density at radius 2 is 1.28 bits per heavy atom. The maximum Gasteiger partial charge on any atom is -0.0354 e. The molecule has 1 atom stereocenters. The van der Waals surface area contributed by atoms with Gasteiger partial charge in [0.15, 0.2) is 0 Å². The van der Waals surface area contributed by atoms with Crippen LogP contribution in [-0.2, 0) is 0 Å². The Morgan fingerprint density at radius 1 is 0.778 bits per heavy atom. The smallest absolute Gasteiger partial charge is 0.0354 e. The molecular formula is C18H38. The van der Waals surface area contributed by atoms with Crippen molar-refractivity contribution in [1.29, 1.82) is 0 Å². The van der Waals surface area contributed by atoms with Crippen LogP contribution in [0.2, 0.25) is 0 Å². The van der Waals surface area contributed by atoms with Crippen LogP contribution in [0.4, 0.5) is 0 Å². The monoisotopic (exact) mass is 254 g/mol. The summed E-state index contributed by atoms with van der Waals surface area (Å²) < 4.78 is 0. The van der Waals surface area contributed by atoms with E-state index < -0.39 is 0 Å². The summed E-state index contributed by atoms with van der Waals surface area (Å²) in [5, 5.41) is 0. The molecule has 0 amide bonds. The van der Waals surface area contributed by atoms with Crippen molar-refractivity contribution >= 4 is 0 Å². The van der Waals surface area contributed by atoms with E-state index in [4.69, 9.17) is 0 Å². The van der Waals surface area contributed by atoms with Crippen LogP contribution in [0.5, 0.6) is 0 Å². The molecule has 0 aliphatic rings. The lowest BCUT2D eigenvalue weighted by Crippen LogP contribution is -2.14. The lowest BCUT2D eigenvalue weighted by molar-refractivity contribution is 0.255. The fraction of sp³-hybridized carbons (Fsp3) is 1.00. The second-order valence-electron chi connectivity index (χ2n) is 7.09. The van der Waals surface area contributed by atoms with E-state index in [9.17, 15) is 0 Å².